The second-order valence-corrected chi connectivity index (χ2v) is 6.51. The van der Waals surface area contributed by atoms with E-state index in [0.29, 0.717) is 29.4 Å². The zero-order valence-electron chi connectivity index (χ0n) is 14.2. The van der Waals surface area contributed by atoms with Crippen LogP contribution in [0.3, 0.4) is 0 Å². The van der Waals surface area contributed by atoms with Crippen molar-refractivity contribution < 1.29 is 22.6 Å². The first-order chi connectivity index (χ1) is 12.0. The summed E-state index contributed by atoms with van der Waals surface area (Å²) in [6.45, 7) is 2.31. The molecule has 0 spiro atoms. The molecule has 7 nitrogen and oxygen atoms in total. The van der Waals surface area contributed by atoms with Gasteiger partial charge in [0.15, 0.2) is 11.5 Å². The summed E-state index contributed by atoms with van der Waals surface area (Å²) in [6.07, 6.45) is 1.36. The van der Waals surface area contributed by atoms with E-state index in [1.54, 1.807) is 30.3 Å². The van der Waals surface area contributed by atoms with Gasteiger partial charge in [-0.25, -0.2) is 4.83 Å². The van der Waals surface area contributed by atoms with E-state index in [-0.39, 0.29) is 4.90 Å². The highest BCUT2D eigenvalue weighted by Gasteiger charge is 2.14. The number of hydrazone groups is 1. The standard InChI is InChI=1S/C17H20N2O5S/c1-4-24-17-15(22-2)10-13(11-16(17)23-3)12-18-19-25(20,21)14-8-6-5-7-9-14/h5-12,19H,4H2,1-3H3/b18-12+. The van der Waals surface area contributed by atoms with Crippen LogP contribution >= 0.6 is 0 Å². The number of hydrogen-bond donors (Lipinski definition) is 1. The summed E-state index contributed by atoms with van der Waals surface area (Å²) in [5, 5.41) is 3.80. The SMILES string of the molecule is CCOc1c(OC)cc(/C=N/NS(=O)(=O)c2ccccc2)cc1OC. The Bertz CT molecular complexity index is 810. The topological polar surface area (TPSA) is 86.2 Å². The van der Waals surface area contributed by atoms with Crippen LogP contribution in [0, 0.1) is 0 Å². The molecule has 0 aliphatic carbocycles. The van der Waals surface area contributed by atoms with Gasteiger partial charge in [0, 0.05) is 5.56 Å². The maximum absolute atomic E-state index is 12.1. The lowest BCUT2D eigenvalue weighted by atomic mass is 10.2. The van der Waals surface area contributed by atoms with E-state index >= 15 is 0 Å². The quantitative estimate of drug-likeness (QED) is 0.574. The van der Waals surface area contributed by atoms with E-state index in [9.17, 15) is 8.42 Å². The lowest BCUT2D eigenvalue weighted by Crippen LogP contribution is -2.18. The fraction of sp³-hybridized carbons (Fsp3) is 0.235. The number of hydrogen-bond acceptors (Lipinski definition) is 6. The van der Waals surface area contributed by atoms with Crippen molar-refractivity contribution in [3.05, 3.63) is 48.0 Å². The molecule has 0 atom stereocenters. The summed E-state index contributed by atoms with van der Waals surface area (Å²) in [5.41, 5.74) is 0.591. The second-order valence-electron chi connectivity index (χ2n) is 4.85. The Kier molecular flexibility index (Phi) is 6.24. The fourth-order valence-corrected chi connectivity index (χ4v) is 2.90. The minimum Gasteiger partial charge on any atom is -0.493 e. The van der Waals surface area contributed by atoms with Crippen LogP contribution in [-0.2, 0) is 10.0 Å². The minimum atomic E-state index is -3.71. The number of ether oxygens (including phenoxy) is 3. The highest BCUT2D eigenvalue weighted by Crippen LogP contribution is 2.38. The summed E-state index contributed by atoms with van der Waals surface area (Å²) in [5.74, 6) is 1.41. The Labute approximate surface area is 147 Å². The summed E-state index contributed by atoms with van der Waals surface area (Å²) < 4.78 is 40.3. The van der Waals surface area contributed by atoms with Crippen LogP contribution in [0.1, 0.15) is 12.5 Å². The van der Waals surface area contributed by atoms with Crippen molar-refractivity contribution in [2.45, 2.75) is 11.8 Å². The first-order valence-corrected chi connectivity index (χ1v) is 8.99. The zero-order chi connectivity index (χ0) is 18.3. The molecule has 1 N–H and O–H groups in total. The Morgan fingerprint density at radius 1 is 1.08 bits per heavy atom. The minimum absolute atomic E-state index is 0.133. The molecule has 134 valence electrons. The predicted octanol–water partition coefficient (Wildman–Crippen LogP) is 2.41. The fourth-order valence-electron chi connectivity index (χ4n) is 2.08. The molecule has 0 aliphatic rings. The Hall–Kier alpha value is -2.74. The molecular weight excluding hydrogens is 344 g/mol. The Morgan fingerprint density at radius 3 is 2.20 bits per heavy atom. The molecular formula is C17H20N2O5S. The van der Waals surface area contributed by atoms with Crippen molar-refractivity contribution in [3.63, 3.8) is 0 Å². The Balaban J connectivity index is 2.23. The summed E-state index contributed by atoms with van der Waals surface area (Å²) >= 11 is 0. The molecule has 0 heterocycles. The second kappa shape index (κ2) is 8.39. The first kappa shape index (κ1) is 18.6. The van der Waals surface area contributed by atoms with Crippen LogP contribution in [0.5, 0.6) is 17.2 Å². The number of benzene rings is 2. The third kappa shape index (κ3) is 4.63. The van der Waals surface area contributed by atoms with Gasteiger partial charge >= 0.3 is 0 Å². The lowest BCUT2D eigenvalue weighted by Gasteiger charge is -2.14. The molecule has 25 heavy (non-hydrogen) atoms. The molecule has 0 fully saturated rings. The highest BCUT2D eigenvalue weighted by atomic mass is 32.2. The smallest absolute Gasteiger partial charge is 0.276 e. The van der Waals surface area contributed by atoms with Crippen molar-refractivity contribution in [1.82, 2.24) is 4.83 Å². The maximum atomic E-state index is 12.1. The van der Waals surface area contributed by atoms with E-state index in [2.05, 4.69) is 9.93 Å². The number of nitrogens with zero attached hydrogens (tertiary/aromatic N) is 1. The van der Waals surface area contributed by atoms with Crippen LogP contribution in [0.25, 0.3) is 0 Å². The van der Waals surface area contributed by atoms with Crippen LogP contribution < -0.4 is 19.0 Å². The molecule has 2 rings (SSSR count). The van der Waals surface area contributed by atoms with Crippen molar-refractivity contribution in [3.8, 4) is 17.2 Å². The van der Waals surface area contributed by atoms with Gasteiger partial charge in [-0.05, 0) is 31.2 Å². The van der Waals surface area contributed by atoms with Gasteiger partial charge in [-0.2, -0.15) is 13.5 Å². The van der Waals surface area contributed by atoms with E-state index in [0.717, 1.165) is 0 Å². The number of nitrogens with one attached hydrogen (secondary N) is 1. The molecule has 2 aromatic rings. The van der Waals surface area contributed by atoms with Gasteiger partial charge in [0.05, 0.1) is 31.9 Å². The van der Waals surface area contributed by atoms with Crippen molar-refractivity contribution in [2.24, 2.45) is 5.10 Å². The van der Waals surface area contributed by atoms with Crippen molar-refractivity contribution in [1.29, 1.82) is 0 Å². The summed E-state index contributed by atoms with van der Waals surface area (Å²) in [4.78, 5) is 2.30. The largest absolute Gasteiger partial charge is 0.493 e. The van der Waals surface area contributed by atoms with E-state index in [1.165, 1.54) is 32.6 Å². The van der Waals surface area contributed by atoms with Gasteiger partial charge in [-0.1, -0.05) is 18.2 Å². The van der Waals surface area contributed by atoms with Gasteiger partial charge in [0.1, 0.15) is 0 Å². The average Bonchev–Trinajstić information content (AvgIpc) is 2.63. The summed E-state index contributed by atoms with van der Waals surface area (Å²) in [7, 11) is -0.693. The average molecular weight is 364 g/mol. The first-order valence-electron chi connectivity index (χ1n) is 7.50. The third-order valence-corrected chi connectivity index (χ3v) is 4.45. The van der Waals surface area contributed by atoms with Gasteiger partial charge in [-0.15, -0.1) is 0 Å². The third-order valence-electron chi connectivity index (χ3n) is 3.21. The number of sulfonamides is 1. The van der Waals surface area contributed by atoms with Crippen molar-refractivity contribution in [2.75, 3.05) is 20.8 Å². The van der Waals surface area contributed by atoms with Crippen LogP contribution in [0.4, 0.5) is 0 Å². The number of methoxy groups -OCH3 is 2. The van der Waals surface area contributed by atoms with Crippen LogP contribution in [-0.4, -0.2) is 35.5 Å². The normalized spacial score (nSPS) is 11.3. The van der Waals surface area contributed by atoms with Gasteiger partial charge < -0.3 is 14.2 Å². The molecule has 0 bridgehead atoms. The molecule has 0 amide bonds. The van der Waals surface area contributed by atoms with Crippen LogP contribution in [0.15, 0.2) is 52.5 Å². The van der Waals surface area contributed by atoms with E-state index in [4.69, 9.17) is 14.2 Å². The maximum Gasteiger partial charge on any atom is 0.276 e. The lowest BCUT2D eigenvalue weighted by molar-refractivity contribution is 0.288. The van der Waals surface area contributed by atoms with Gasteiger partial charge in [-0.3, -0.25) is 0 Å². The molecule has 0 saturated carbocycles. The summed E-state index contributed by atoms with van der Waals surface area (Å²) in [6, 6.07) is 11.3. The molecule has 0 radical (unpaired) electrons. The molecule has 8 heteroatoms. The number of rotatable bonds is 8. The molecule has 0 aliphatic heterocycles. The zero-order valence-corrected chi connectivity index (χ0v) is 15.0. The highest BCUT2D eigenvalue weighted by molar-refractivity contribution is 7.89. The molecule has 0 saturated heterocycles. The van der Waals surface area contributed by atoms with Crippen molar-refractivity contribution >= 4 is 16.2 Å². The predicted molar refractivity (Wildman–Crippen MR) is 95.1 cm³/mol. The van der Waals surface area contributed by atoms with E-state index < -0.39 is 10.0 Å². The Morgan fingerprint density at radius 2 is 1.68 bits per heavy atom. The molecule has 2 aromatic carbocycles. The monoisotopic (exact) mass is 364 g/mol. The van der Waals surface area contributed by atoms with E-state index in [1.807, 2.05) is 6.92 Å². The van der Waals surface area contributed by atoms with Gasteiger partial charge in [0.25, 0.3) is 10.0 Å². The van der Waals surface area contributed by atoms with Crippen LogP contribution in [0.2, 0.25) is 0 Å². The molecule has 0 unspecified atom stereocenters. The van der Waals surface area contributed by atoms with Gasteiger partial charge in [0.2, 0.25) is 5.75 Å². The molecule has 0 aromatic heterocycles.